The minimum atomic E-state index is -0.0345. The van der Waals surface area contributed by atoms with Crippen LogP contribution in [0.5, 0.6) is 0 Å². The molecule has 0 atom stereocenters. The molecule has 0 amide bonds. The minimum absolute atomic E-state index is 0.0345. The van der Waals surface area contributed by atoms with Crippen LogP contribution in [0.1, 0.15) is 11.6 Å². The standard InChI is InChI=1S/C12H12N4O3S/c1-16-8(6-17)5-13-12(16)20-7-10-14-11(15-19-10)9-3-2-4-18-9/h2-5,17H,6-7H2,1H3. The lowest BCUT2D eigenvalue weighted by Gasteiger charge is -2.01. The van der Waals surface area contributed by atoms with Crippen molar-refractivity contribution in [1.82, 2.24) is 19.7 Å². The van der Waals surface area contributed by atoms with E-state index in [0.29, 0.717) is 23.2 Å². The number of imidazole rings is 1. The molecule has 0 saturated carbocycles. The Labute approximate surface area is 118 Å². The third kappa shape index (κ3) is 2.47. The molecule has 3 heterocycles. The molecule has 1 N–H and O–H groups in total. The molecule has 0 radical (unpaired) electrons. The van der Waals surface area contributed by atoms with Gasteiger partial charge in [0.25, 0.3) is 0 Å². The van der Waals surface area contributed by atoms with Crippen molar-refractivity contribution in [2.75, 3.05) is 0 Å². The van der Waals surface area contributed by atoms with Crippen LogP contribution in [0.3, 0.4) is 0 Å². The molecule has 0 aliphatic heterocycles. The van der Waals surface area contributed by atoms with E-state index in [9.17, 15) is 0 Å². The van der Waals surface area contributed by atoms with Crippen molar-refractivity contribution in [3.8, 4) is 11.6 Å². The molecule has 0 aliphatic rings. The van der Waals surface area contributed by atoms with Crippen molar-refractivity contribution in [3.63, 3.8) is 0 Å². The van der Waals surface area contributed by atoms with E-state index < -0.39 is 0 Å². The number of aliphatic hydroxyl groups is 1. The molecule has 0 spiro atoms. The van der Waals surface area contributed by atoms with E-state index in [1.54, 1.807) is 24.6 Å². The van der Waals surface area contributed by atoms with Gasteiger partial charge in [0.05, 0.1) is 30.5 Å². The van der Waals surface area contributed by atoms with Gasteiger partial charge < -0.3 is 18.6 Å². The smallest absolute Gasteiger partial charge is 0.238 e. The molecule has 3 rings (SSSR count). The second-order valence-electron chi connectivity index (χ2n) is 4.03. The van der Waals surface area contributed by atoms with Crippen LogP contribution in [0, 0.1) is 0 Å². The third-order valence-electron chi connectivity index (χ3n) is 2.74. The normalized spacial score (nSPS) is 11.1. The first kappa shape index (κ1) is 12.9. The van der Waals surface area contributed by atoms with Crippen LogP contribution >= 0.6 is 11.8 Å². The third-order valence-corrected chi connectivity index (χ3v) is 3.77. The summed E-state index contributed by atoms with van der Waals surface area (Å²) in [6.07, 6.45) is 3.20. The van der Waals surface area contributed by atoms with Crippen LogP contribution in [-0.2, 0) is 19.4 Å². The Morgan fingerprint density at radius 3 is 3.05 bits per heavy atom. The van der Waals surface area contributed by atoms with Gasteiger partial charge in [-0.2, -0.15) is 4.98 Å². The molecule has 8 heteroatoms. The fourth-order valence-corrected chi connectivity index (χ4v) is 2.46. The molecule has 0 fully saturated rings. The van der Waals surface area contributed by atoms with Crippen molar-refractivity contribution < 1.29 is 14.0 Å². The van der Waals surface area contributed by atoms with Gasteiger partial charge in [-0.15, -0.1) is 0 Å². The summed E-state index contributed by atoms with van der Waals surface area (Å²) < 4.78 is 12.2. The summed E-state index contributed by atoms with van der Waals surface area (Å²) in [5.41, 5.74) is 0.759. The molecule has 20 heavy (non-hydrogen) atoms. The van der Waals surface area contributed by atoms with Gasteiger partial charge >= 0.3 is 0 Å². The van der Waals surface area contributed by atoms with E-state index in [0.717, 1.165) is 10.9 Å². The maximum atomic E-state index is 9.10. The Kier molecular flexibility index (Phi) is 3.57. The minimum Gasteiger partial charge on any atom is -0.461 e. The Bertz CT molecular complexity index is 689. The molecule has 3 aromatic heterocycles. The number of furan rings is 1. The molecular formula is C12H12N4O3S. The zero-order chi connectivity index (χ0) is 13.9. The fraction of sp³-hybridized carbons (Fsp3) is 0.250. The first-order valence-electron chi connectivity index (χ1n) is 5.88. The average Bonchev–Trinajstić information content (AvgIpc) is 3.17. The monoisotopic (exact) mass is 292 g/mol. The predicted octanol–water partition coefficient (Wildman–Crippen LogP) is 1.85. The topological polar surface area (TPSA) is 90.1 Å². The Morgan fingerprint density at radius 1 is 1.45 bits per heavy atom. The van der Waals surface area contributed by atoms with Gasteiger partial charge in [0.1, 0.15) is 0 Å². The van der Waals surface area contributed by atoms with Crippen molar-refractivity contribution in [1.29, 1.82) is 0 Å². The van der Waals surface area contributed by atoms with E-state index in [2.05, 4.69) is 15.1 Å². The van der Waals surface area contributed by atoms with Crippen LogP contribution in [0.15, 0.2) is 38.7 Å². The van der Waals surface area contributed by atoms with Crippen LogP contribution < -0.4 is 0 Å². The van der Waals surface area contributed by atoms with Gasteiger partial charge in [-0.05, 0) is 12.1 Å². The van der Waals surface area contributed by atoms with Crippen LogP contribution in [0.4, 0.5) is 0 Å². The first-order valence-corrected chi connectivity index (χ1v) is 6.87. The number of hydrogen-bond acceptors (Lipinski definition) is 7. The summed E-state index contributed by atoms with van der Waals surface area (Å²) in [7, 11) is 1.85. The molecule has 3 aromatic rings. The summed E-state index contributed by atoms with van der Waals surface area (Å²) >= 11 is 1.46. The molecule has 104 valence electrons. The van der Waals surface area contributed by atoms with Crippen molar-refractivity contribution in [2.45, 2.75) is 17.5 Å². The Balaban J connectivity index is 1.68. The number of thioether (sulfide) groups is 1. The van der Waals surface area contributed by atoms with Crippen molar-refractivity contribution in [3.05, 3.63) is 36.2 Å². The first-order chi connectivity index (χ1) is 9.78. The molecule has 0 saturated heterocycles. The fourth-order valence-electron chi connectivity index (χ4n) is 1.65. The van der Waals surface area contributed by atoms with Crippen molar-refractivity contribution >= 4 is 11.8 Å². The lowest BCUT2D eigenvalue weighted by Crippen LogP contribution is -1.97. The van der Waals surface area contributed by atoms with E-state index in [4.69, 9.17) is 14.0 Å². The molecule has 0 aromatic carbocycles. The van der Waals surface area contributed by atoms with E-state index in [-0.39, 0.29) is 6.61 Å². The van der Waals surface area contributed by atoms with Gasteiger partial charge in [0, 0.05) is 7.05 Å². The predicted molar refractivity (Wildman–Crippen MR) is 70.7 cm³/mol. The largest absolute Gasteiger partial charge is 0.461 e. The summed E-state index contributed by atoms with van der Waals surface area (Å²) in [4.78, 5) is 8.46. The maximum Gasteiger partial charge on any atom is 0.238 e. The summed E-state index contributed by atoms with van der Waals surface area (Å²) in [5.74, 6) is 2.00. The number of aliphatic hydroxyl groups excluding tert-OH is 1. The Morgan fingerprint density at radius 2 is 2.35 bits per heavy atom. The molecular weight excluding hydrogens is 280 g/mol. The molecule has 0 bridgehead atoms. The van der Waals surface area contributed by atoms with E-state index in [1.165, 1.54) is 11.8 Å². The highest BCUT2D eigenvalue weighted by molar-refractivity contribution is 7.98. The lowest BCUT2D eigenvalue weighted by molar-refractivity contribution is 0.271. The van der Waals surface area contributed by atoms with Crippen LogP contribution in [0.2, 0.25) is 0 Å². The maximum absolute atomic E-state index is 9.10. The van der Waals surface area contributed by atoms with E-state index >= 15 is 0 Å². The second kappa shape index (κ2) is 5.51. The molecule has 0 aliphatic carbocycles. The zero-order valence-corrected chi connectivity index (χ0v) is 11.5. The van der Waals surface area contributed by atoms with Crippen LogP contribution in [-0.4, -0.2) is 24.8 Å². The van der Waals surface area contributed by atoms with Gasteiger partial charge in [-0.3, -0.25) is 0 Å². The summed E-state index contributed by atoms with van der Waals surface area (Å²) in [6, 6.07) is 3.54. The Hall–Kier alpha value is -2.06. The number of nitrogens with zero attached hydrogens (tertiary/aromatic N) is 4. The molecule has 7 nitrogen and oxygen atoms in total. The lowest BCUT2D eigenvalue weighted by atomic mass is 10.4. The number of hydrogen-bond donors (Lipinski definition) is 1. The average molecular weight is 292 g/mol. The highest BCUT2D eigenvalue weighted by Crippen LogP contribution is 2.23. The van der Waals surface area contributed by atoms with Crippen LogP contribution in [0.25, 0.3) is 11.6 Å². The highest BCUT2D eigenvalue weighted by Gasteiger charge is 2.13. The summed E-state index contributed by atoms with van der Waals surface area (Å²) in [5, 5.41) is 13.7. The second-order valence-corrected chi connectivity index (χ2v) is 4.97. The number of aromatic nitrogens is 4. The van der Waals surface area contributed by atoms with Gasteiger partial charge in [0.15, 0.2) is 10.9 Å². The van der Waals surface area contributed by atoms with Gasteiger partial charge in [-0.1, -0.05) is 16.9 Å². The number of rotatable bonds is 5. The SMILES string of the molecule is Cn1c(CO)cnc1SCc1nc(-c2ccco2)no1. The molecule has 0 unspecified atom stereocenters. The van der Waals surface area contributed by atoms with Gasteiger partial charge in [0.2, 0.25) is 11.7 Å². The van der Waals surface area contributed by atoms with Gasteiger partial charge in [-0.25, -0.2) is 4.98 Å². The summed E-state index contributed by atoms with van der Waals surface area (Å²) in [6.45, 7) is -0.0345. The van der Waals surface area contributed by atoms with E-state index in [1.807, 2.05) is 11.6 Å². The zero-order valence-electron chi connectivity index (χ0n) is 10.7. The quantitative estimate of drug-likeness (QED) is 0.717. The van der Waals surface area contributed by atoms with Crippen molar-refractivity contribution in [2.24, 2.45) is 7.05 Å². The highest BCUT2D eigenvalue weighted by atomic mass is 32.2.